The fourth-order valence-electron chi connectivity index (χ4n) is 1.86. The first-order valence-corrected chi connectivity index (χ1v) is 7.63. The van der Waals surface area contributed by atoms with Crippen molar-refractivity contribution in [1.29, 1.82) is 0 Å². The van der Waals surface area contributed by atoms with E-state index < -0.39 is 10.0 Å². The summed E-state index contributed by atoms with van der Waals surface area (Å²) in [4.78, 5) is 0.165. The predicted molar refractivity (Wildman–Crippen MR) is 73.4 cm³/mol. The van der Waals surface area contributed by atoms with E-state index in [1.165, 1.54) is 6.07 Å². The van der Waals surface area contributed by atoms with Crippen LogP contribution in [0.2, 0.25) is 0 Å². The second-order valence-corrected chi connectivity index (χ2v) is 6.20. The van der Waals surface area contributed by atoms with Crippen LogP contribution in [0.4, 0.5) is 0 Å². The Kier molecular flexibility index (Phi) is 4.26. The maximum atomic E-state index is 12.2. The van der Waals surface area contributed by atoms with Crippen LogP contribution in [-0.2, 0) is 30.2 Å². The van der Waals surface area contributed by atoms with E-state index in [4.69, 9.17) is 4.42 Å². The van der Waals surface area contributed by atoms with Crippen molar-refractivity contribution in [2.24, 2.45) is 7.05 Å². The highest BCUT2D eigenvalue weighted by Crippen LogP contribution is 2.20. The van der Waals surface area contributed by atoms with Crippen LogP contribution in [0, 0.1) is 6.92 Å². The Labute approximate surface area is 118 Å². The number of hydrogen-bond donors (Lipinski definition) is 2. The second-order valence-electron chi connectivity index (χ2n) is 4.47. The molecule has 0 atom stereocenters. The van der Waals surface area contributed by atoms with E-state index in [-0.39, 0.29) is 11.4 Å². The zero-order valence-corrected chi connectivity index (χ0v) is 12.5. The van der Waals surface area contributed by atoms with E-state index in [2.05, 4.69) is 15.1 Å². The van der Waals surface area contributed by atoms with Gasteiger partial charge in [0.15, 0.2) is 0 Å². The maximum Gasteiger partial charge on any atom is 0.244 e. The molecule has 2 rings (SSSR count). The van der Waals surface area contributed by atoms with E-state index in [0.717, 1.165) is 0 Å². The number of nitrogens with one attached hydrogen (secondary N) is 2. The van der Waals surface area contributed by atoms with E-state index in [1.807, 2.05) is 0 Å². The minimum atomic E-state index is -3.60. The van der Waals surface area contributed by atoms with Gasteiger partial charge in [-0.05, 0) is 20.0 Å². The number of hydrogen-bond acceptors (Lipinski definition) is 5. The van der Waals surface area contributed by atoms with Crippen LogP contribution in [-0.4, -0.2) is 25.2 Å². The average Bonchev–Trinajstić information content (AvgIpc) is 2.94. The highest BCUT2D eigenvalue weighted by atomic mass is 32.2. The molecule has 0 aromatic carbocycles. The molecular weight excluding hydrogens is 280 g/mol. The fraction of sp³-hybridized carbons (Fsp3) is 0.417. The molecule has 0 spiro atoms. The van der Waals surface area contributed by atoms with Crippen molar-refractivity contribution in [2.45, 2.75) is 24.9 Å². The molecule has 0 saturated heterocycles. The van der Waals surface area contributed by atoms with Gasteiger partial charge in [0, 0.05) is 19.3 Å². The molecule has 2 N–H and O–H groups in total. The third-order valence-corrected chi connectivity index (χ3v) is 4.28. The lowest BCUT2D eigenvalue weighted by Gasteiger charge is -2.03. The number of furan rings is 1. The molecule has 0 amide bonds. The van der Waals surface area contributed by atoms with Crippen LogP contribution in [0.1, 0.15) is 17.2 Å². The van der Waals surface area contributed by atoms with E-state index in [0.29, 0.717) is 23.8 Å². The van der Waals surface area contributed by atoms with Crippen molar-refractivity contribution in [3.05, 3.63) is 35.5 Å². The van der Waals surface area contributed by atoms with Gasteiger partial charge in [0.1, 0.15) is 16.4 Å². The Morgan fingerprint density at radius 1 is 1.40 bits per heavy atom. The number of aromatic nitrogens is 2. The van der Waals surface area contributed by atoms with E-state index in [9.17, 15) is 8.42 Å². The molecule has 2 heterocycles. The number of rotatable bonds is 6. The van der Waals surface area contributed by atoms with Gasteiger partial charge in [-0.3, -0.25) is 4.68 Å². The summed E-state index contributed by atoms with van der Waals surface area (Å²) in [6.07, 6.45) is 1.76. The molecule has 0 aliphatic carbocycles. The van der Waals surface area contributed by atoms with Gasteiger partial charge < -0.3 is 9.73 Å². The van der Waals surface area contributed by atoms with Gasteiger partial charge in [-0.2, -0.15) is 5.10 Å². The summed E-state index contributed by atoms with van der Waals surface area (Å²) in [5.41, 5.74) is 0.660. The molecular formula is C12H18N4O3S. The van der Waals surface area contributed by atoms with Crippen molar-refractivity contribution < 1.29 is 12.8 Å². The summed E-state index contributed by atoms with van der Waals surface area (Å²) in [7, 11) is -0.0489. The largest absolute Gasteiger partial charge is 0.464 e. The van der Waals surface area contributed by atoms with Crippen molar-refractivity contribution in [1.82, 2.24) is 19.8 Å². The summed E-state index contributed by atoms with van der Waals surface area (Å²) < 4.78 is 34.0. The van der Waals surface area contributed by atoms with Crippen molar-refractivity contribution in [3.8, 4) is 0 Å². The minimum absolute atomic E-state index is 0.148. The lowest BCUT2D eigenvalue weighted by molar-refractivity contribution is 0.465. The van der Waals surface area contributed by atoms with Gasteiger partial charge in [-0.1, -0.05) is 0 Å². The Morgan fingerprint density at radius 3 is 2.75 bits per heavy atom. The molecule has 20 heavy (non-hydrogen) atoms. The second kappa shape index (κ2) is 5.78. The average molecular weight is 298 g/mol. The first-order valence-electron chi connectivity index (χ1n) is 6.14. The molecule has 110 valence electrons. The molecule has 0 aliphatic rings. The minimum Gasteiger partial charge on any atom is -0.464 e. The SMILES string of the molecule is CNCc1cc(S(=O)(=O)NCc2ccn(C)n2)c(C)o1. The van der Waals surface area contributed by atoms with Crippen LogP contribution in [0.25, 0.3) is 0 Å². The van der Waals surface area contributed by atoms with Crippen molar-refractivity contribution >= 4 is 10.0 Å². The Hall–Kier alpha value is -1.64. The normalized spacial score (nSPS) is 11.9. The quantitative estimate of drug-likeness (QED) is 0.811. The zero-order valence-electron chi connectivity index (χ0n) is 11.7. The summed E-state index contributed by atoms with van der Waals surface area (Å²) >= 11 is 0. The van der Waals surface area contributed by atoms with Crippen LogP contribution in [0.15, 0.2) is 27.6 Å². The highest BCUT2D eigenvalue weighted by Gasteiger charge is 2.21. The van der Waals surface area contributed by atoms with Gasteiger partial charge >= 0.3 is 0 Å². The van der Waals surface area contributed by atoms with Gasteiger partial charge in [0.25, 0.3) is 0 Å². The molecule has 0 fully saturated rings. The first kappa shape index (κ1) is 14.8. The zero-order chi connectivity index (χ0) is 14.8. The number of aryl methyl sites for hydroxylation is 2. The molecule has 0 bridgehead atoms. The third-order valence-electron chi connectivity index (χ3n) is 2.78. The highest BCUT2D eigenvalue weighted by molar-refractivity contribution is 7.89. The number of sulfonamides is 1. The van der Waals surface area contributed by atoms with E-state index >= 15 is 0 Å². The smallest absolute Gasteiger partial charge is 0.244 e. The molecule has 2 aromatic rings. The predicted octanol–water partition coefficient (Wildman–Crippen LogP) is 0.519. The summed E-state index contributed by atoms with van der Waals surface area (Å²) in [6, 6.07) is 3.30. The lowest BCUT2D eigenvalue weighted by Crippen LogP contribution is -2.23. The Balaban J connectivity index is 2.13. The van der Waals surface area contributed by atoms with Gasteiger partial charge in [0.2, 0.25) is 10.0 Å². The van der Waals surface area contributed by atoms with E-state index in [1.54, 1.807) is 38.0 Å². The summed E-state index contributed by atoms with van der Waals surface area (Å²) in [5, 5.41) is 7.04. The molecule has 7 nitrogen and oxygen atoms in total. The first-order chi connectivity index (χ1) is 9.42. The molecule has 2 aromatic heterocycles. The lowest BCUT2D eigenvalue weighted by atomic mass is 10.4. The monoisotopic (exact) mass is 298 g/mol. The topological polar surface area (TPSA) is 89.2 Å². The van der Waals surface area contributed by atoms with Crippen LogP contribution in [0.3, 0.4) is 0 Å². The number of nitrogens with zero attached hydrogens (tertiary/aromatic N) is 2. The summed E-state index contributed by atoms with van der Waals surface area (Å²) in [6.45, 7) is 2.26. The third kappa shape index (κ3) is 3.27. The van der Waals surface area contributed by atoms with Crippen LogP contribution >= 0.6 is 0 Å². The Bertz CT molecular complexity index is 687. The van der Waals surface area contributed by atoms with Gasteiger partial charge in [-0.25, -0.2) is 13.1 Å². The Morgan fingerprint density at radius 2 is 2.15 bits per heavy atom. The van der Waals surface area contributed by atoms with Crippen LogP contribution < -0.4 is 10.0 Å². The standard InChI is InChI=1S/C12H18N4O3S/c1-9-12(6-11(19-9)8-13-2)20(17,18)14-7-10-4-5-16(3)15-10/h4-6,13-14H,7-8H2,1-3H3. The fourth-order valence-corrected chi connectivity index (χ4v) is 3.06. The molecule has 8 heteroatoms. The van der Waals surface area contributed by atoms with Gasteiger partial charge in [0.05, 0.1) is 18.8 Å². The molecule has 0 saturated carbocycles. The van der Waals surface area contributed by atoms with Crippen molar-refractivity contribution in [2.75, 3.05) is 7.05 Å². The maximum absolute atomic E-state index is 12.2. The molecule has 0 unspecified atom stereocenters. The summed E-state index contributed by atoms with van der Waals surface area (Å²) in [5.74, 6) is 0.965. The molecule has 0 aliphatic heterocycles. The van der Waals surface area contributed by atoms with Crippen molar-refractivity contribution in [3.63, 3.8) is 0 Å². The van der Waals surface area contributed by atoms with Crippen LogP contribution in [0.5, 0.6) is 0 Å². The van der Waals surface area contributed by atoms with Gasteiger partial charge in [-0.15, -0.1) is 0 Å². The molecule has 0 radical (unpaired) electrons.